The van der Waals surface area contributed by atoms with E-state index in [1.807, 2.05) is 6.92 Å². The molecule has 0 radical (unpaired) electrons. The first-order valence-corrected chi connectivity index (χ1v) is 10.4. The number of sulfone groups is 1. The van der Waals surface area contributed by atoms with Gasteiger partial charge in [0.2, 0.25) is 15.7 Å². The van der Waals surface area contributed by atoms with Crippen molar-refractivity contribution < 1.29 is 22.0 Å². The summed E-state index contributed by atoms with van der Waals surface area (Å²) in [5, 5.41) is 9.68. The fourth-order valence-electron chi connectivity index (χ4n) is 2.96. The van der Waals surface area contributed by atoms with E-state index < -0.39 is 32.7 Å². The average Bonchev–Trinajstić information content (AvgIpc) is 3.30. The van der Waals surface area contributed by atoms with Gasteiger partial charge in [-0.2, -0.15) is 0 Å². The highest BCUT2D eigenvalue weighted by Gasteiger charge is 2.35. The SMILES string of the molecule is CCCNC(=O)N1CCC[C@H]1c1nnc(S(=O)(=O)Cc2ccccc2F)o1. The maximum Gasteiger partial charge on any atom is 0.335 e. The summed E-state index contributed by atoms with van der Waals surface area (Å²) in [7, 11) is -4.00. The maximum absolute atomic E-state index is 13.7. The number of carbonyl (C=O) groups excluding carboxylic acids is 1. The number of nitrogens with zero attached hydrogens (tertiary/aromatic N) is 3. The Labute approximate surface area is 156 Å². The minimum absolute atomic E-state index is 0.0266. The van der Waals surface area contributed by atoms with Crippen molar-refractivity contribution in [3.63, 3.8) is 0 Å². The Morgan fingerprint density at radius 3 is 2.89 bits per heavy atom. The van der Waals surface area contributed by atoms with Gasteiger partial charge in [-0.25, -0.2) is 17.6 Å². The predicted molar refractivity (Wildman–Crippen MR) is 94.0 cm³/mol. The van der Waals surface area contributed by atoms with Crippen molar-refractivity contribution in [3.8, 4) is 0 Å². The molecule has 1 aromatic heterocycles. The van der Waals surface area contributed by atoms with E-state index >= 15 is 0 Å². The second kappa shape index (κ2) is 8.03. The van der Waals surface area contributed by atoms with E-state index in [0.29, 0.717) is 19.5 Å². The molecule has 2 amide bonds. The quantitative estimate of drug-likeness (QED) is 0.804. The number of benzene rings is 1. The second-order valence-corrected chi connectivity index (χ2v) is 8.21. The molecule has 146 valence electrons. The molecular weight excluding hydrogens is 375 g/mol. The van der Waals surface area contributed by atoms with Gasteiger partial charge < -0.3 is 14.6 Å². The zero-order valence-electron chi connectivity index (χ0n) is 14.9. The van der Waals surface area contributed by atoms with Gasteiger partial charge in [-0.15, -0.1) is 5.10 Å². The number of nitrogens with one attached hydrogen (secondary N) is 1. The minimum atomic E-state index is -4.00. The minimum Gasteiger partial charge on any atom is -0.410 e. The first-order valence-electron chi connectivity index (χ1n) is 8.76. The third kappa shape index (κ3) is 4.26. The molecule has 1 saturated heterocycles. The van der Waals surface area contributed by atoms with Gasteiger partial charge in [0.15, 0.2) is 0 Å². The van der Waals surface area contributed by atoms with Crippen molar-refractivity contribution in [2.45, 2.75) is 43.2 Å². The van der Waals surface area contributed by atoms with Gasteiger partial charge >= 0.3 is 11.3 Å². The fraction of sp³-hybridized carbons (Fsp3) is 0.471. The second-order valence-electron chi connectivity index (χ2n) is 6.34. The number of halogens is 1. The maximum atomic E-state index is 13.7. The van der Waals surface area contributed by atoms with Crippen LogP contribution in [0.4, 0.5) is 9.18 Å². The standard InChI is InChI=1S/C17H21FN4O4S/c1-2-9-19-16(23)22-10-5-8-14(22)15-20-21-17(26-15)27(24,25)11-12-6-3-4-7-13(12)18/h3-4,6-7,14H,2,5,8-11H2,1H3,(H,19,23)/t14-/m0/s1. The van der Waals surface area contributed by atoms with Crippen LogP contribution in [-0.2, 0) is 15.6 Å². The lowest BCUT2D eigenvalue weighted by Crippen LogP contribution is -2.39. The Hall–Kier alpha value is -2.49. The molecular formula is C17H21FN4O4S. The molecule has 1 atom stereocenters. The van der Waals surface area contributed by atoms with Crippen LogP contribution in [0.5, 0.6) is 0 Å². The molecule has 2 heterocycles. The van der Waals surface area contributed by atoms with Gasteiger partial charge in [-0.1, -0.05) is 30.2 Å². The van der Waals surface area contributed by atoms with Crippen molar-refractivity contribution in [2.24, 2.45) is 0 Å². The van der Waals surface area contributed by atoms with Crippen LogP contribution in [0.25, 0.3) is 0 Å². The van der Waals surface area contributed by atoms with E-state index in [1.54, 1.807) is 11.0 Å². The average molecular weight is 396 g/mol. The Morgan fingerprint density at radius 1 is 1.37 bits per heavy atom. The molecule has 0 aliphatic carbocycles. The van der Waals surface area contributed by atoms with Crippen LogP contribution in [0.3, 0.4) is 0 Å². The number of aromatic nitrogens is 2. The topological polar surface area (TPSA) is 105 Å². The largest absolute Gasteiger partial charge is 0.410 e. The van der Waals surface area contributed by atoms with Gasteiger partial charge in [-0.3, -0.25) is 0 Å². The highest BCUT2D eigenvalue weighted by Crippen LogP contribution is 2.32. The monoisotopic (exact) mass is 396 g/mol. The molecule has 2 aromatic rings. The highest BCUT2D eigenvalue weighted by atomic mass is 32.2. The third-order valence-corrected chi connectivity index (χ3v) is 5.70. The predicted octanol–water partition coefficient (Wildman–Crippen LogP) is 2.44. The van der Waals surface area contributed by atoms with Crippen molar-refractivity contribution >= 4 is 15.9 Å². The van der Waals surface area contributed by atoms with E-state index in [1.165, 1.54) is 18.2 Å². The lowest BCUT2D eigenvalue weighted by Gasteiger charge is -2.22. The molecule has 0 bridgehead atoms. The summed E-state index contributed by atoms with van der Waals surface area (Å²) in [6.07, 6.45) is 2.17. The molecule has 1 N–H and O–H groups in total. The number of carbonyl (C=O) groups is 1. The summed E-state index contributed by atoms with van der Waals surface area (Å²) in [5.74, 6) is -1.12. The van der Waals surface area contributed by atoms with E-state index in [-0.39, 0.29) is 17.5 Å². The van der Waals surface area contributed by atoms with E-state index in [0.717, 1.165) is 12.8 Å². The first-order chi connectivity index (χ1) is 12.9. The number of urea groups is 1. The molecule has 8 nitrogen and oxygen atoms in total. The lowest BCUT2D eigenvalue weighted by atomic mass is 10.2. The third-order valence-electron chi connectivity index (χ3n) is 4.32. The van der Waals surface area contributed by atoms with Gasteiger partial charge in [0.1, 0.15) is 11.9 Å². The summed E-state index contributed by atoms with van der Waals surface area (Å²) < 4.78 is 44.1. The van der Waals surface area contributed by atoms with Gasteiger partial charge in [0.05, 0.1) is 5.75 Å². The lowest BCUT2D eigenvalue weighted by molar-refractivity contribution is 0.182. The Bertz CT molecular complexity index is 915. The van der Waals surface area contributed by atoms with Crippen molar-refractivity contribution in [2.75, 3.05) is 13.1 Å². The summed E-state index contributed by atoms with van der Waals surface area (Å²) in [5.41, 5.74) is 0.0266. The molecule has 27 heavy (non-hydrogen) atoms. The molecule has 0 saturated carbocycles. The van der Waals surface area contributed by atoms with Crippen LogP contribution in [0.2, 0.25) is 0 Å². The number of likely N-dealkylation sites (tertiary alicyclic amines) is 1. The molecule has 0 unspecified atom stereocenters. The molecule has 1 aromatic carbocycles. The molecule has 10 heteroatoms. The van der Waals surface area contributed by atoms with Crippen molar-refractivity contribution in [3.05, 3.63) is 41.5 Å². The highest BCUT2D eigenvalue weighted by molar-refractivity contribution is 7.90. The van der Waals surface area contributed by atoms with Crippen LogP contribution in [0, 0.1) is 5.82 Å². The number of amides is 2. The van der Waals surface area contributed by atoms with Crippen LogP contribution in [0.1, 0.15) is 43.7 Å². The van der Waals surface area contributed by atoms with Gasteiger partial charge in [0, 0.05) is 18.7 Å². The van der Waals surface area contributed by atoms with Crippen molar-refractivity contribution in [1.82, 2.24) is 20.4 Å². The normalized spacial score (nSPS) is 17.3. The number of rotatable bonds is 6. The Morgan fingerprint density at radius 2 is 2.15 bits per heavy atom. The fourth-order valence-corrected chi connectivity index (χ4v) is 4.11. The molecule has 1 fully saturated rings. The Balaban J connectivity index is 1.77. The smallest absolute Gasteiger partial charge is 0.335 e. The van der Waals surface area contributed by atoms with Gasteiger partial charge in [-0.05, 0) is 25.3 Å². The van der Waals surface area contributed by atoms with Crippen LogP contribution in [-0.4, -0.2) is 42.6 Å². The molecule has 0 spiro atoms. The number of hydrogen-bond acceptors (Lipinski definition) is 6. The summed E-state index contributed by atoms with van der Waals surface area (Å²) in [6, 6.07) is 4.91. The van der Waals surface area contributed by atoms with Crippen molar-refractivity contribution in [1.29, 1.82) is 0 Å². The summed E-state index contributed by atoms with van der Waals surface area (Å²) >= 11 is 0. The van der Waals surface area contributed by atoms with Gasteiger partial charge in [0.25, 0.3) is 0 Å². The zero-order valence-corrected chi connectivity index (χ0v) is 15.7. The summed E-state index contributed by atoms with van der Waals surface area (Å²) in [6.45, 7) is 3.03. The molecule has 1 aliphatic heterocycles. The zero-order chi connectivity index (χ0) is 19.4. The van der Waals surface area contributed by atoms with Crippen LogP contribution in [0.15, 0.2) is 33.9 Å². The Kier molecular flexibility index (Phi) is 5.73. The molecule has 1 aliphatic rings. The van der Waals surface area contributed by atoms with Crippen LogP contribution >= 0.6 is 0 Å². The summed E-state index contributed by atoms with van der Waals surface area (Å²) in [4.78, 5) is 13.8. The molecule has 3 rings (SSSR count). The number of hydrogen-bond donors (Lipinski definition) is 1. The van der Waals surface area contributed by atoms with E-state index in [9.17, 15) is 17.6 Å². The van der Waals surface area contributed by atoms with Crippen LogP contribution < -0.4 is 5.32 Å². The van der Waals surface area contributed by atoms with E-state index in [4.69, 9.17) is 4.42 Å². The first kappa shape index (κ1) is 19.3. The van der Waals surface area contributed by atoms with E-state index in [2.05, 4.69) is 15.5 Å².